The maximum atomic E-state index is 13.6. The van der Waals surface area contributed by atoms with E-state index in [-0.39, 0.29) is 11.7 Å². The maximum absolute atomic E-state index is 13.6. The Morgan fingerprint density at radius 3 is 2.32 bits per heavy atom. The SMILES string of the molecule is CCCCCCCC1=C([P+](O)(O)Cc2c(F)cccc2F)C1. The molecule has 0 fully saturated rings. The van der Waals surface area contributed by atoms with Crippen molar-refractivity contribution in [3.05, 3.63) is 46.3 Å². The predicted octanol–water partition coefficient (Wildman–Crippen LogP) is 5.32. The summed E-state index contributed by atoms with van der Waals surface area (Å²) in [4.78, 5) is 20.5. The summed E-state index contributed by atoms with van der Waals surface area (Å²) in [5.74, 6) is -1.43. The number of unbranched alkanes of at least 4 members (excludes halogenated alkanes) is 4. The Kier molecular flexibility index (Phi) is 6.08. The lowest BCUT2D eigenvalue weighted by atomic mass is 10.1. The molecular weight excluding hydrogens is 305 g/mol. The third kappa shape index (κ3) is 4.58. The van der Waals surface area contributed by atoms with Crippen molar-refractivity contribution in [1.82, 2.24) is 0 Å². The summed E-state index contributed by atoms with van der Waals surface area (Å²) in [6.45, 7) is 2.17. The number of hydrogen-bond acceptors (Lipinski definition) is 2. The van der Waals surface area contributed by atoms with Crippen molar-refractivity contribution in [2.75, 3.05) is 0 Å². The fourth-order valence-corrected chi connectivity index (χ4v) is 4.71. The van der Waals surface area contributed by atoms with Gasteiger partial charge in [0.05, 0.1) is 5.56 Å². The van der Waals surface area contributed by atoms with Gasteiger partial charge in [-0.1, -0.05) is 38.7 Å². The van der Waals surface area contributed by atoms with Crippen LogP contribution in [0.25, 0.3) is 0 Å². The molecule has 0 bridgehead atoms. The molecule has 0 atom stereocenters. The maximum Gasteiger partial charge on any atom is 0.300 e. The molecule has 0 heterocycles. The summed E-state index contributed by atoms with van der Waals surface area (Å²) < 4.78 is 27.2. The molecule has 0 saturated carbocycles. The molecule has 122 valence electrons. The zero-order valence-corrected chi connectivity index (χ0v) is 13.9. The Balaban J connectivity index is 1.91. The molecule has 22 heavy (non-hydrogen) atoms. The lowest BCUT2D eigenvalue weighted by Gasteiger charge is -2.10. The van der Waals surface area contributed by atoms with Crippen molar-refractivity contribution in [1.29, 1.82) is 0 Å². The number of benzene rings is 1. The zero-order chi connectivity index (χ0) is 16.2. The minimum atomic E-state index is -3.40. The lowest BCUT2D eigenvalue weighted by Crippen LogP contribution is -2.00. The Morgan fingerprint density at radius 2 is 1.68 bits per heavy atom. The minimum Gasteiger partial charge on any atom is -0.215 e. The van der Waals surface area contributed by atoms with E-state index in [1.165, 1.54) is 25.3 Å². The van der Waals surface area contributed by atoms with Gasteiger partial charge in [-0.15, -0.1) is 0 Å². The van der Waals surface area contributed by atoms with Gasteiger partial charge in [0.15, 0.2) is 0 Å². The van der Waals surface area contributed by atoms with E-state index >= 15 is 0 Å². The van der Waals surface area contributed by atoms with Crippen LogP contribution in [0.5, 0.6) is 0 Å². The molecular formula is C17H24F2O2P+. The molecule has 0 radical (unpaired) electrons. The topological polar surface area (TPSA) is 40.5 Å². The molecule has 0 aliphatic heterocycles. The van der Waals surface area contributed by atoms with Crippen LogP contribution in [0.2, 0.25) is 0 Å². The highest BCUT2D eigenvalue weighted by molar-refractivity contribution is 7.68. The fourth-order valence-electron chi connectivity index (χ4n) is 2.71. The van der Waals surface area contributed by atoms with Gasteiger partial charge < -0.3 is 0 Å². The van der Waals surface area contributed by atoms with Gasteiger partial charge >= 0.3 is 7.72 Å². The second-order valence-corrected chi connectivity index (χ2v) is 8.30. The second kappa shape index (κ2) is 7.63. The van der Waals surface area contributed by atoms with Crippen molar-refractivity contribution < 1.29 is 18.6 Å². The summed E-state index contributed by atoms with van der Waals surface area (Å²) in [5, 5.41) is 0.644. The first kappa shape index (κ1) is 17.5. The van der Waals surface area contributed by atoms with Crippen LogP contribution < -0.4 is 0 Å². The standard InChI is InChI=1S/C17H24F2O2P/c1-2-3-4-5-6-8-13-11-17(13)22(20,21)12-14-15(18)9-7-10-16(14)19/h7,9-10,20-21H,2-6,8,11-12H2,1H3/q+1. The molecule has 2 rings (SSSR count). The molecule has 0 aromatic heterocycles. The quantitative estimate of drug-likeness (QED) is 0.476. The van der Waals surface area contributed by atoms with Crippen LogP contribution in [0.1, 0.15) is 57.4 Å². The summed E-state index contributed by atoms with van der Waals surface area (Å²) in [6, 6.07) is 3.57. The molecule has 0 unspecified atom stereocenters. The molecule has 0 saturated heterocycles. The van der Waals surface area contributed by atoms with E-state index in [0.29, 0.717) is 11.7 Å². The highest BCUT2D eigenvalue weighted by Crippen LogP contribution is 2.70. The van der Waals surface area contributed by atoms with Gasteiger partial charge in [0, 0.05) is 6.42 Å². The number of allylic oxidation sites excluding steroid dienone is 2. The molecule has 2 N–H and O–H groups in total. The van der Waals surface area contributed by atoms with Gasteiger partial charge in [0.2, 0.25) is 0 Å². The van der Waals surface area contributed by atoms with Gasteiger partial charge in [-0.25, -0.2) is 18.6 Å². The molecule has 1 aromatic carbocycles. The first-order valence-corrected chi connectivity index (χ1v) is 9.81. The van der Waals surface area contributed by atoms with Crippen molar-refractivity contribution >= 4 is 7.72 Å². The van der Waals surface area contributed by atoms with Crippen LogP contribution in [0.3, 0.4) is 0 Å². The van der Waals surface area contributed by atoms with Crippen LogP contribution >= 0.6 is 7.72 Å². The molecule has 1 aliphatic rings. The normalized spacial score (nSPS) is 14.6. The zero-order valence-electron chi connectivity index (χ0n) is 13.0. The van der Waals surface area contributed by atoms with Crippen LogP contribution in [-0.2, 0) is 6.16 Å². The smallest absolute Gasteiger partial charge is 0.215 e. The largest absolute Gasteiger partial charge is 0.300 e. The van der Waals surface area contributed by atoms with Crippen LogP contribution in [-0.4, -0.2) is 9.79 Å². The van der Waals surface area contributed by atoms with Crippen LogP contribution in [0.15, 0.2) is 29.1 Å². The molecule has 5 heteroatoms. The molecule has 0 amide bonds. The lowest BCUT2D eigenvalue weighted by molar-refractivity contribution is 0.454. The third-order valence-corrected chi connectivity index (χ3v) is 6.21. The molecule has 1 aliphatic carbocycles. The average Bonchev–Trinajstić information content (AvgIpc) is 3.23. The van der Waals surface area contributed by atoms with Crippen LogP contribution in [0.4, 0.5) is 8.78 Å². The van der Waals surface area contributed by atoms with Crippen LogP contribution in [0, 0.1) is 11.6 Å². The van der Waals surface area contributed by atoms with E-state index in [1.807, 2.05) is 0 Å². The summed E-state index contributed by atoms with van der Waals surface area (Å²) in [6.07, 6.45) is 6.99. The Bertz CT molecular complexity index is 535. The minimum absolute atomic E-state index is 0.220. The van der Waals surface area contributed by atoms with E-state index in [1.54, 1.807) is 0 Å². The average molecular weight is 329 g/mol. The molecule has 2 nitrogen and oxygen atoms in total. The monoisotopic (exact) mass is 329 g/mol. The number of rotatable bonds is 9. The van der Waals surface area contributed by atoms with Gasteiger partial charge in [-0.05, 0) is 30.5 Å². The van der Waals surface area contributed by atoms with E-state index in [2.05, 4.69) is 6.92 Å². The van der Waals surface area contributed by atoms with Gasteiger partial charge in [0.25, 0.3) is 0 Å². The third-order valence-electron chi connectivity index (χ3n) is 4.12. The Labute approximate surface area is 131 Å². The number of hydrogen-bond donors (Lipinski definition) is 2. The van der Waals surface area contributed by atoms with Crippen molar-refractivity contribution in [3.63, 3.8) is 0 Å². The summed E-state index contributed by atoms with van der Waals surface area (Å²) in [5.41, 5.74) is 0.856. The van der Waals surface area contributed by atoms with E-state index in [0.717, 1.165) is 37.0 Å². The van der Waals surface area contributed by atoms with Gasteiger partial charge in [0.1, 0.15) is 23.1 Å². The highest BCUT2D eigenvalue weighted by Gasteiger charge is 2.49. The van der Waals surface area contributed by atoms with E-state index < -0.39 is 19.4 Å². The Morgan fingerprint density at radius 1 is 1.05 bits per heavy atom. The molecule has 0 spiro atoms. The number of halogens is 2. The summed E-state index contributed by atoms with van der Waals surface area (Å²) >= 11 is 0. The van der Waals surface area contributed by atoms with E-state index in [9.17, 15) is 18.6 Å². The van der Waals surface area contributed by atoms with Crippen molar-refractivity contribution in [2.45, 2.75) is 58.0 Å². The first-order valence-electron chi connectivity index (χ1n) is 7.93. The summed E-state index contributed by atoms with van der Waals surface area (Å²) in [7, 11) is -3.40. The highest BCUT2D eigenvalue weighted by atomic mass is 31.2. The second-order valence-electron chi connectivity index (χ2n) is 5.98. The van der Waals surface area contributed by atoms with Gasteiger partial charge in [-0.3, -0.25) is 0 Å². The van der Waals surface area contributed by atoms with Gasteiger partial charge in [-0.2, -0.15) is 0 Å². The van der Waals surface area contributed by atoms with Crippen molar-refractivity contribution in [3.8, 4) is 0 Å². The predicted molar refractivity (Wildman–Crippen MR) is 86.4 cm³/mol. The van der Waals surface area contributed by atoms with Crippen molar-refractivity contribution in [2.24, 2.45) is 0 Å². The first-order chi connectivity index (χ1) is 10.5. The van der Waals surface area contributed by atoms with E-state index in [4.69, 9.17) is 0 Å². The fraction of sp³-hybridized carbons (Fsp3) is 0.529. The Hall–Kier alpha value is -0.830. The molecule has 1 aromatic rings.